The molecule has 0 radical (unpaired) electrons. The number of amides is 1. The number of nitrogens with zero attached hydrogens (tertiary/aromatic N) is 1. The molecule has 0 bridgehead atoms. The molecule has 0 spiro atoms. The van der Waals surface area contributed by atoms with Crippen LogP contribution >= 0.6 is 11.8 Å². The maximum atomic E-state index is 12.5. The summed E-state index contributed by atoms with van der Waals surface area (Å²) < 4.78 is 5.74. The number of hydrogen-bond acceptors (Lipinski definition) is 4. The van der Waals surface area contributed by atoms with Crippen LogP contribution in [0.15, 0.2) is 48.5 Å². The van der Waals surface area contributed by atoms with Crippen molar-refractivity contribution >= 4 is 28.7 Å². The molecule has 0 aliphatic heterocycles. The number of H-pyrrole nitrogens is 1. The number of para-hydroxylation sites is 3. The summed E-state index contributed by atoms with van der Waals surface area (Å²) >= 11 is 1.75. The molecule has 0 aliphatic carbocycles. The van der Waals surface area contributed by atoms with Crippen molar-refractivity contribution in [3.8, 4) is 5.75 Å². The number of aromatic amines is 1. The lowest BCUT2D eigenvalue weighted by molar-refractivity contribution is -0.123. The standard InChI is InChI=1S/C21H25N3O2S/c1-3-15-8-4-7-11-19(15)26-14-20(25)22-18(12-13-27-2)21-23-16-9-5-6-10-17(16)24-21/h4-11,18H,3,12-14H2,1-2H3,(H,22,25)(H,23,24)/t18-/m1/s1. The summed E-state index contributed by atoms with van der Waals surface area (Å²) in [5.74, 6) is 2.33. The third-order valence-corrected chi connectivity index (χ3v) is 5.04. The van der Waals surface area contributed by atoms with Crippen molar-refractivity contribution in [3.05, 3.63) is 59.9 Å². The van der Waals surface area contributed by atoms with E-state index in [-0.39, 0.29) is 18.6 Å². The van der Waals surface area contributed by atoms with Crippen molar-refractivity contribution in [2.24, 2.45) is 0 Å². The molecule has 2 aromatic carbocycles. The van der Waals surface area contributed by atoms with Gasteiger partial charge in [-0.15, -0.1) is 0 Å². The molecule has 27 heavy (non-hydrogen) atoms. The average molecular weight is 384 g/mol. The molecule has 3 aromatic rings. The first-order valence-corrected chi connectivity index (χ1v) is 10.5. The molecule has 1 aromatic heterocycles. The van der Waals surface area contributed by atoms with Gasteiger partial charge in [0.15, 0.2) is 6.61 Å². The fourth-order valence-corrected chi connectivity index (χ4v) is 3.44. The van der Waals surface area contributed by atoms with Crippen molar-refractivity contribution in [1.82, 2.24) is 15.3 Å². The Bertz CT molecular complexity index is 861. The number of nitrogens with one attached hydrogen (secondary N) is 2. The first-order valence-electron chi connectivity index (χ1n) is 9.15. The summed E-state index contributed by atoms with van der Waals surface area (Å²) in [4.78, 5) is 20.5. The number of hydrogen-bond donors (Lipinski definition) is 2. The molecule has 142 valence electrons. The summed E-state index contributed by atoms with van der Waals surface area (Å²) in [7, 11) is 0. The zero-order chi connectivity index (χ0) is 19.1. The van der Waals surface area contributed by atoms with Gasteiger partial charge in [-0.3, -0.25) is 4.79 Å². The quantitative estimate of drug-likeness (QED) is 0.583. The lowest BCUT2D eigenvalue weighted by atomic mass is 10.1. The Morgan fingerprint density at radius 1 is 1.22 bits per heavy atom. The molecule has 0 saturated carbocycles. The van der Waals surface area contributed by atoms with Crippen LogP contribution in [-0.4, -0.2) is 34.5 Å². The predicted octanol–water partition coefficient (Wildman–Crippen LogP) is 4.11. The van der Waals surface area contributed by atoms with Gasteiger partial charge in [-0.1, -0.05) is 37.3 Å². The van der Waals surface area contributed by atoms with E-state index in [4.69, 9.17) is 4.74 Å². The molecule has 1 amide bonds. The first-order chi connectivity index (χ1) is 13.2. The summed E-state index contributed by atoms with van der Waals surface area (Å²) in [6.07, 6.45) is 3.73. The minimum atomic E-state index is -0.164. The lowest BCUT2D eigenvalue weighted by Gasteiger charge is -2.17. The monoisotopic (exact) mass is 383 g/mol. The van der Waals surface area contributed by atoms with E-state index in [0.717, 1.165) is 46.8 Å². The van der Waals surface area contributed by atoms with Gasteiger partial charge in [0.1, 0.15) is 11.6 Å². The summed E-state index contributed by atoms with van der Waals surface area (Å²) in [6, 6.07) is 15.5. The Labute approximate surface area is 163 Å². The average Bonchev–Trinajstić information content (AvgIpc) is 3.13. The molecule has 0 saturated heterocycles. The summed E-state index contributed by atoms with van der Waals surface area (Å²) in [5.41, 5.74) is 2.98. The fraction of sp³-hybridized carbons (Fsp3) is 0.333. The van der Waals surface area contributed by atoms with Gasteiger partial charge in [-0.25, -0.2) is 4.98 Å². The van der Waals surface area contributed by atoms with Crippen LogP contribution in [0.5, 0.6) is 5.75 Å². The zero-order valence-corrected chi connectivity index (χ0v) is 16.5. The highest BCUT2D eigenvalue weighted by Gasteiger charge is 2.18. The van der Waals surface area contributed by atoms with Gasteiger partial charge in [0.2, 0.25) is 0 Å². The summed E-state index contributed by atoms with van der Waals surface area (Å²) in [6.45, 7) is 2.06. The number of aryl methyl sites for hydroxylation is 1. The number of imidazole rings is 1. The minimum Gasteiger partial charge on any atom is -0.483 e. The van der Waals surface area contributed by atoms with Crippen molar-refractivity contribution in [3.63, 3.8) is 0 Å². The van der Waals surface area contributed by atoms with Gasteiger partial charge in [0.05, 0.1) is 17.1 Å². The maximum absolute atomic E-state index is 12.5. The van der Waals surface area contributed by atoms with E-state index in [1.165, 1.54) is 0 Å². The van der Waals surface area contributed by atoms with E-state index >= 15 is 0 Å². The highest BCUT2D eigenvalue weighted by Crippen LogP contribution is 2.21. The maximum Gasteiger partial charge on any atom is 0.258 e. The molecule has 0 aliphatic rings. The van der Waals surface area contributed by atoms with Gasteiger partial charge in [0.25, 0.3) is 5.91 Å². The number of aromatic nitrogens is 2. The van der Waals surface area contributed by atoms with Crippen LogP contribution in [0.25, 0.3) is 11.0 Å². The molecular formula is C21H25N3O2S. The smallest absolute Gasteiger partial charge is 0.258 e. The topological polar surface area (TPSA) is 67.0 Å². The molecule has 3 rings (SSSR count). The van der Waals surface area contributed by atoms with Crippen LogP contribution in [0, 0.1) is 0 Å². The molecular weight excluding hydrogens is 358 g/mol. The number of carbonyl (C=O) groups excluding carboxylic acids is 1. The van der Waals surface area contributed by atoms with E-state index in [2.05, 4.69) is 28.5 Å². The number of rotatable bonds is 9. The van der Waals surface area contributed by atoms with Crippen molar-refractivity contribution in [2.75, 3.05) is 18.6 Å². The first kappa shape index (κ1) is 19.3. The highest BCUT2D eigenvalue weighted by atomic mass is 32.2. The second-order valence-electron chi connectivity index (χ2n) is 6.29. The number of fused-ring (bicyclic) bond motifs is 1. The molecule has 1 atom stereocenters. The predicted molar refractivity (Wildman–Crippen MR) is 111 cm³/mol. The molecule has 0 fully saturated rings. The van der Waals surface area contributed by atoms with Crippen molar-refractivity contribution in [2.45, 2.75) is 25.8 Å². The third-order valence-electron chi connectivity index (χ3n) is 4.40. The molecule has 0 unspecified atom stereocenters. The zero-order valence-electron chi connectivity index (χ0n) is 15.7. The number of thioether (sulfide) groups is 1. The SMILES string of the molecule is CCc1ccccc1OCC(=O)N[C@H](CCSC)c1nc2ccccc2[nH]1. The number of benzene rings is 2. The lowest BCUT2D eigenvalue weighted by Crippen LogP contribution is -2.33. The van der Waals surface area contributed by atoms with E-state index in [1.807, 2.05) is 48.5 Å². The Hall–Kier alpha value is -2.47. The molecule has 2 N–H and O–H groups in total. The van der Waals surface area contributed by atoms with E-state index in [0.29, 0.717) is 0 Å². The van der Waals surface area contributed by atoms with Crippen molar-refractivity contribution < 1.29 is 9.53 Å². The van der Waals surface area contributed by atoms with Crippen LogP contribution in [0.2, 0.25) is 0 Å². The highest BCUT2D eigenvalue weighted by molar-refractivity contribution is 7.98. The Morgan fingerprint density at radius 3 is 2.78 bits per heavy atom. The second kappa shape index (κ2) is 9.46. The molecule has 6 heteroatoms. The third kappa shape index (κ3) is 5.04. The molecule has 1 heterocycles. The molecule has 5 nitrogen and oxygen atoms in total. The van der Waals surface area contributed by atoms with E-state index in [9.17, 15) is 4.79 Å². The number of carbonyl (C=O) groups is 1. The number of ether oxygens (including phenoxy) is 1. The van der Waals surface area contributed by atoms with Crippen LogP contribution in [0.4, 0.5) is 0 Å². The Balaban J connectivity index is 1.67. The Morgan fingerprint density at radius 2 is 2.00 bits per heavy atom. The van der Waals surface area contributed by atoms with Crippen LogP contribution in [-0.2, 0) is 11.2 Å². The van der Waals surface area contributed by atoms with Gasteiger partial charge in [0, 0.05) is 0 Å². The second-order valence-corrected chi connectivity index (χ2v) is 7.28. The van der Waals surface area contributed by atoms with Crippen molar-refractivity contribution in [1.29, 1.82) is 0 Å². The van der Waals surface area contributed by atoms with E-state index < -0.39 is 0 Å². The van der Waals surface area contributed by atoms with Gasteiger partial charge >= 0.3 is 0 Å². The van der Waals surface area contributed by atoms with Gasteiger partial charge in [-0.05, 0) is 48.6 Å². The van der Waals surface area contributed by atoms with Gasteiger partial charge in [-0.2, -0.15) is 11.8 Å². The van der Waals surface area contributed by atoms with Crippen LogP contribution < -0.4 is 10.1 Å². The van der Waals surface area contributed by atoms with Gasteiger partial charge < -0.3 is 15.0 Å². The minimum absolute atomic E-state index is 0.00693. The van der Waals surface area contributed by atoms with E-state index in [1.54, 1.807) is 11.8 Å². The largest absolute Gasteiger partial charge is 0.483 e. The van der Waals surface area contributed by atoms with Crippen LogP contribution in [0.1, 0.15) is 30.8 Å². The normalized spacial score (nSPS) is 12.1. The Kier molecular flexibility index (Phi) is 6.76. The van der Waals surface area contributed by atoms with Crippen LogP contribution in [0.3, 0.4) is 0 Å². The summed E-state index contributed by atoms with van der Waals surface area (Å²) in [5, 5.41) is 3.07. The fourth-order valence-electron chi connectivity index (χ4n) is 2.97.